The zero-order valence-corrected chi connectivity index (χ0v) is 10.6. The molecule has 1 N–H and O–H groups in total. The van der Waals surface area contributed by atoms with Gasteiger partial charge in [-0.05, 0) is 30.0 Å². The van der Waals surface area contributed by atoms with E-state index in [1.54, 1.807) is 0 Å². The molecule has 0 bridgehead atoms. The van der Waals surface area contributed by atoms with Crippen LogP contribution in [0.5, 0.6) is 0 Å². The predicted molar refractivity (Wildman–Crippen MR) is 69.5 cm³/mol. The number of aliphatic hydroxyl groups excluding tert-OH is 1. The van der Waals surface area contributed by atoms with Crippen LogP contribution in [0.25, 0.3) is 0 Å². The fraction of sp³-hybridized carbons (Fsp3) is 0.467. The lowest BCUT2D eigenvalue weighted by atomic mass is 10.1. The Bertz CT molecular complexity index is 385. The molecule has 0 heterocycles. The van der Waals surface area contributed by atoms with Crippen molar-refractivity contribution in [3.8, 4) is 11.8 Å². The summed E-state index contributed by atoms with van der Waals surface area (Å²) in [5.74, 6) is 6.20. The lowest BCUT2D eigenvalue weighted by Crippen LogP contribution is -1.99. The van der Waals surface area contributed by atoms with Crippen LogP contribution >= 0.6 is 0 Å². The predicted octanol–water partition coefficient (Wildman–Crippen LogP) is 2.59. The average molecular weight is 232 g/mol. The van der Waals surface area contributed by atoms with Gasteiger partial charge in [-0.25, -0.2) is 0 Å². The van der Waals surface area contributed by atoms with E-state index >= 15 is 0 Å². The van der Waals surface area contributed by atoms with Gasteiger partial charge in [0.1, 0.15) is 6.61 Å². The van der Waals surface area contributed by atoms with E-state index in [9.17, 15) is 0 Å². The van der Waals surface area contributed by atoms with Gasteiger partial charge in [0.05, 0.1) is 6.61 Å². The van der Waals surface area contributed by atoms with Crippen LogP contribution in [0.2, 0.25) is 0 Å². The van der Waals surface area contributed by atoms with Crippen LogP contribution in [0.4, 0.5) is 0 Å². The number of benzene rings is 1. The van der Waals surface area contributed by atoms with E-state index in [0.717, 1.165) is 24.2 Å². The molecule has 0 saturated heterocycles. The number of hydrogen-bond donors (Lipinski definition) is 1. The quantitative estimate of drug-likeness (QED) is 0.624. The summed E-state index contributed by atoms with van der Waals surface area (Å²) in [6.07, 6.45) is 1.09. The summed E-state index contributed by atoms with van der Waals surface area (Å²) < 4.78 is 5.59. The first kappa shape index (κ1) is 13.8. The molecule has 1 rings (SSSR count). The summed E-state index contributed by atoms with van der Waals surface area (Å²) >= 11 is 0. The van der Waals surface area contributed by atoms with Crippen molar-refractivity contribution >= 4 is 0 Å². The Morgan fingerprint density at radius 3 is 2.88 bits per heavy atom. The highest BCUT2D eigenvalue weighted by atomic mass is 16.5. The molecular formula is C15H20O2. The Kier molecular flexibility index (Phi) is 6.39. The first-order valence-corrected chi connectivity index (χ1v) is 5.99. The van der Waals surface area contributed by atoms with Crippen LogP contribution in [0.3, 0.4) is 0 Å². The molecule has 2 heteroatoms. The Morgan fingerprint density at radius 2 is 2.18 bits per heavy atom. The van der Waals surface area contributed by atoms with Crippen molar-refractivity contribution in [2.24, 2.45) is 5.92 Å². The van der Waals surface area contributed by atoms with Crippen molar-refractivity contribution in [2.75, 3.05) is 13.2 Å². The first-order chi connectivity index (χ1) is 8.22. The van der Waals surface area contributed by atoms with E-state index in [1.165, 1.54) is 0 Å². The molecule has 0 aliphatic carbocycles. The molecule has 0 aliphatic rings. The fourth-order valence-corrected chi connectivity index (χ4v) is 1.39. The third-order valence-corrected chi connectivity index (χ3v) is 2.35. The van der Waals surface area contributed by atoms with Gasteiger partial charge < -0.3 is 9.84 Å². The maximum Gasteiger partial charge on any atom is 0.104 e. The van der Waals surface area contributed by atoms with Crippen LogP contribution in [-0.2, 0) is 11.3 Å². The average Bonchev–Trinajstić information content (AvgIpc) is 2.32. The maximum atomic E-state index is 8.62. The van der Waals surface area contributed by atoms with E-state index in [2.05, 4.69) is 25.7 Å². The number of rotatable bonds is 5. The maximum absolute atomic E-state index is 8.62. The van der Waals surface area contributed by atoms with E-state index in [-0.39, 0.29) is 6.61 Å². The minimum atomic E-state index is -0.102. The van der Waals surface area contributed by atoms with Gasteiger partial charge in [0.2, 0.25) is 0 Å². The number of hydrogen-bond acceptors (Lipinski definition) is 2. The molecule has 0 radical (unpaired) electrons. The van der Waals surface area contributed by atoms with Crippen LogP contribution in [0.15, 0.2) is 24.3 Å². The van der Waals surface area contributed by atoms with E-state index < -0.39 is 0 Å². The van der Waals surface area contributed by atoms with Gasteiger partial charge >= 0.3 is 0 Å². The lowest BCUT2D eigenvalue weighted by Gasteiger charge is -2.06. The van der Waals surface area contributed by atoms with Gasteiger partial charge in [-0.2, -0.15) is 0 Å². The van der Waals surface area contributed by atoms with Crippen molar-refractivity contribution in [1.29, 1.82) is 0 Å². The summed E-state index contributed by atoms with van der Waals surface area (Å²) in [5, 5.41) is 8.62. The zero-order chi connectivity index (χ0) is 12.5. The Labute approximate surface area is 104 Å². The highest BCUT2D eigenvalue weighted by Crippen LogP contribution is 2.07. The third kappa shape index (κ3) is 6.11. The molecule has 92 valence electrons. The molecule has 0 spiro atoms. The second-order valence-corrected chi connectivity index (χ2v) is 4.40. The molecule has 0 aliphatic heterocycles. The Morgan fingerprint density at radius 1 is 1.35 bits per heavy atom. The third-order valence-electron chi connectivity index (χ3n) is 2.35. The van der Waals surface area contributed by atoms with E-state index in [0.29, 0.717) is 12.5 Å². The van der Waals surface area contributed by atoms with Gasteiger partial charge in [-0.3, -0.25) is 0 Å². The lowest BCUT2D eigenvalue weighted by molar-refractivity contribution is 0.110. The van der Waals surface area contributed by atoms with E-state index in [4.69, 9.17) is 9.84 Å². The molecule has 1 aromatic carbocycles. The highest BCUT2D eigenvalue weighted by molar-refractivity contribution is 5.36. The van der Waals surface area contributed by atoms with Gasteiger partial charge in [0.25, 0.3) is 0 Å². The first-order valence-electron chi connectivity index (χ1n) is 5.99. The molecule has 0 atom stereocenters. The SMILES string of the molecule is CC(C)CCOCc1cccc(C#CCO)c1. The zero-order valence-electron chi connectivity index (χ0n) is 10.6. The molecule has 1 aromatic rings. The summed E-state index contributed by atoms with van der Waals surface area (Å²) in [4.78, 5) is 0. The number of aliphatic hydroxyl groups is 1. The van der Waals surface area contributed by atoms with E-state index in [1.807, 2.05) is 24.3 Å². The monoisotopic (exact) mass is 232 g/mol. The van der Waals surface area contributed by atoms with Crippen molar-refractivity contribution in [1.82, 2.24) is 0 Å². The van der Waals surface area contributed by atoms with Gasteiger partial charge in [-0.1, -0.05) is 37.8 Å². The molecule has 2 nitrogen and oxygen atoms in total. The molecule has 0 saturated carbocycles. The minimum absolute atomic E-state index is 0.102. The van der Waals surface area contributed by atoms with Crippen molar-refractivity contribution in [3.05, 3.63) is 35.4 Å². The van der Waals surface area contributed by atoms with Crippen molar-refractivity contribution < 1.29 is 9.84 Å². The summed E-state index contributed by atoms with van der Waals surface area (Å²) in [7, 11) is 0. The summed E-state index contributed by atoms with van der Waals surface area (Å²) in [5.41, 5.74) is 2.04. The highest BCUT2D eigenvalue weighted by Gasteiger charge is 1.96. The molecular weight excluding hydrogens is 212 g/mol. The number of ether oxygens (including phenoxy) is 1. The van der Waals surface area contributed by atoms with Gasteiger partial charge in [0, 0.05) is 12.2 Å². The van der Waals surface area contributed by atoms with Crippen LogP contribution in [0.1, 0.15) is 31.4 Å². The Balaban J connectivity index is 2.43. The van der Waals surface area contributed by atoms with Crippen molar-refractivity contribution in [3.63, 3.8) is 0 Å². The van der Waals surface area contributed by atoms with Crippen LogP contribution in [-0.4, -0.2) is 18.3 Å². The second kappa shape index (κ2) is 7.89. The van der Waals surface area contributed by atoms with Gasteiger partial charge in [-0.15, -0.1) is 0 Å². The van der Waals surface area contributed by atoms with Crippen LogP contribution in [0, 0.1) is 17.8 Å². The second-order valence-electron chi connectivity index (χ2n) is 4.40. The van der Waals surface area contributed by atoms with Crippen LogP contribution < -0.4 is 0 Å². The smallest absolute Gasteiger partial charge is 0.104 e. The molecule has 0 fully saturated rings. The Hall–Kier alpha value is -1.30. The topological polar surface area (TPSA) is 29.5 Å². The summed E-state index contributed by atoms with van der Waals surface area (Å²) in [6, 6.07) is 7.92. The molecule has 17 heavy (non-hydrogen) atoms. The fourth-order valence-electron chi connectivity index (χ4n) is 1.39. The summed E-state index contributed by atoms with van der Waals surface area (Å²) in [6.45, 7) is 5.70. The van der Waals surface area contributed by atoms with Crippen molar-refractivity contribution in [2.45, 2.75) is 26.9 Å². The minimum Gasteiger partial charge on any atom is -0.384 e. The largest absolute Gasteiger partial charge is 0.384 e. The molecule has 0 amide bonds. The normalized spacial score (nSPS) is 10.1. The molecule has 0 aromatic heterocycles. The standard InChI is InChI=1S/C15H20O2/c1-13(2)8-10-17-12-15-6-3-5-14(11-15)7-4-9-16/h3,5-6,11,13,16H,8-10,12H2,1-2H3. The molecule has 0 unspecified atom stereocenters. The van der Waals surface area contributed by atoms with Gasteiger partial charge in [0.15, 0.2) is 0 Å².